The Hall–Kier alpha value is -2.73. The molecule has 0 aliphatic carbocycles. The third kappa shape index (κ3) is 6.10. The molecule has 1 aromatic heterocycles. The summed E-state index contributed by atoms with van der Waals surface area (Å²) in [6, 6.07) is 10.1. The van der Waals surface area contributed by atoms with Gasteiger partial charge in [0.25, 0.3) is 5.91 Å². The maximum absolute atomic E-state index is 13.2. The zero-order valence-electron chi connectivity index (χ0n) is 21.2. The van der Waals surface area contributed by atoms with Crippen molar-refractivity contribution in [3.8, 4) is 12.3 Å². The topological polar surface area (TPSA) is 71.7 Å². The highest BCUT2D eigenvalue weighted by Gasteiger charge is 2.26. The number of sulfonamides is 1. The van der Waals surface area contributed by atoms with Crippen LogP contribution in [0.15, 0.2) is 46.3 Å². The number of nitrogens with zero attached hydrogens (tertiary/aromatic N) is 3. The van der Waals surface area contributed by atoms with Crippen LogP contribution in [-0.4, -0.2) is 36.3 Å². The van der Waals surface area contributed by atoms with Gasteiger partial charge < -0.3 is 4.57 Å². The van der Waals surface area contributed by atoms with Crippen LogP contribution < -0.4 is 4.80 Å². The van der Waals surface area contributed by atoms with Gasteiger partial charge in [0, 0.05) is 18.7 Å². The number of thiazole rings is 1. The fourth-order valence-corrected chi connectivity index (χ4v) is 6.84. The van der Waals surface area contributed by atoms with E-state index in [-0.39, 0.29) is 16.7 Å². The molecule has 8 heteroatoms. The summed E-state index contributed by atoms with van der Waals surface area (Å²) in [6.45, 7) is 13.2. The molecule has 3 aromatic rings. The van der Waals surface area contributed by atoms with Gasteiger partial charge in [0.15, 0.2) is 4.80 Å². The molecule has 0 bridgehead atoms. The van der Waals surface area contributed by atoms with Crippen LogP contribution in [0, 0.1) is 38.0 Å². The van der Waals surface area contributed by atoms with Gasteiger partial charge >= 0.3 is 0 Å². The van der Waals surface area contributed by atoms with Crippen molar-refractivity contribution in [1.82, 2.24) is 8.87 Å². The minimum absolute atomic E-state index is 0.172. The fourth-order valence-electron chi connectivity index (χ4n) is 4.00. The average molecular weight is 512 g/mol. The highest BCUT2D eigenvalue weighted by molar-refractivity contribution is 7.89. The Morgan fingerprint density at radius 2 is 1.69 bits per heavy atom. The molecular weight excluding hydrogens is 478 g/mol. The lowest BCUT2D eigenvalue weighted by Crippen LogP contribution is -2.37. The summed E-state index contributed by atoms with van der Waals surface area (Å²) < 4.78 is 30.9. The summed E-state index contributed by atoms with van der Waals surface area (Å²) >= 11 is 1.42. The van der Waals surface area contributed by atoms with E-state index in [2.05, 4.69) is 17.0 Å². The van der Waals surface area contributed by atoms with E-state index in [0.29, 0.717) is 30.0 Å². The lowest BCUT2D eigenvalue weighted by atomic mass is 10.1. The van der Waals surface area contributed by atoms with Crippen LogP contribution in [0.25, 0.3) is 10.2 Å². The number of aromatic nitrogens is 1. The largest absolute Gasteiger partial charge is 0.305 e. The monoisotopic (exact) mass is 511 g/mol. The standard InChI is InChI=1S/C27H33N3O3S2/c1-8-13-30-24-15-20(6)14-21(7)25(24)34-27(30)28-26(31)22-9-11-23(12-10-22)35(32,33)29(16-18(2)3)17-19(4)5/h1,9-12,14-15,18-19H,13,16-17H2,2-7H3. The number of terminal acetylenes is 1. The second kappa shape index (κ2) is 10.9. The molecule has 0 saturated heterocycles. The molecule has 1 amide bonds. The first kappa shape index (κ1) is 26.9. The first-order valence-corrected chi connectivity index (χ1v) is 13.9. The first-order valence-electron chi connectivity index (χ1n) is 11.7. The second-order valence-electron chi connectivity index (χ2n) is 9.66. The number of hydrogen-bond acceptors (Lipinski definition) is 4. The minimum Gasteiger partial charge on any atom is -0.305 e. The molecule has 0 aliphatic rings. The quantitative estimate of drug-likeness (QED) is 0.400. The minimum atomic E-state index is -3.67. The zero-order chi connectivity index (χ0) is 25.9. The molecule has 2 aromatic carbocycles. The predicted octanol–water partition coefficient (Wildman–Crippen LogP) is 5.00. The van der Waals surface area contributed by atoms with E-state index in [0.717, 1.165) is 21.3 Å². The molecule has 0 unspecified atom stereocenters. The Bertz CT molecular complexity index is 1430. The van der Waals surface area contributed by atoms with Crippen molar-refractivity contribution in [3.63, 3.8) is 0 Å². The van der Waals surface area contributed by atoms with Crippen LogP contribution in [0.4, 0.5) is 0 Å². The fraction of sp³-hybridized carbons (Fsp3) is 0.407. The summed E-state index contributed by atoms with van der Waals surface area (Å²) in [7, 11) is -3.67. The highest BCUT2D eigenvalue weighted by atomic mass is 32.2. The number of carbonyl (C=O) groups excluding carboxylic acids is 1. The van der Waals surface area contributed by atoms with Gasteiger partial charge in [0.2, 0.25) is 10.0 Å². The van der Waals surface area contributed by atoms with E-state index in [9.17, 15) is 13.2 Å². The average Bonchev–Trinajstić information content (AvgIpc) is 3.10. The van der Waals surface area contributed by atoms with E-state index in [1.54, 1.807) is 0 Å². The summed E-state index contributed by atoms with van der Waals surface area (Å²) in [5, 5.41) is 0. The Kier molecular flexibility index (Phi) is 8.37. The molecule has 0 fully saturated rings. The number of carbonyl (C=O) groups is 1. The van der Waals surface area contributed by atoms with Crippen molar-refractivity contribution in [2.24, 2.45) is 16.8 Å². The molecule has 0 radical (unpaired) electrons. The third-order valence-electron chi connectivity index (χ3n) is 5.44. The van der Waals surface area contributed by atoms with E-state index in [1.165, 1.54) is 39.9 Å². The molecule has 3 rings (SSSR count). The maximum Gasteiger partial charge on any atom is 0.279 e. The van der Waals surface area contributed by atoms with Crippen LogP contribution in [0.2, 0.25) is 0 Å². The van der Waals surface area contributed by atoms with Crippen molar-refractivity contribution in [3.05, 3.63) is 57.9 Å². The number of fused-ring (bicyclic) bond motifs is 1. The number of benzene rings is 2. The van der Waals surface area contributed by atoms with Crippen LogP contribution in [0.5, 0.6) is 0 Å². The molecule has 0 spiro atoms. The molecule has 0 N–H and O–H groups in total. The number of hydrogen-bond donors (Lipinski definition) is 0. The maximum atomic E-state index is 13.2. The third-order valence-corrected chi connectivity index (χ3v) is 8.51. The molecule has 0 aliphatic heterocycles. The molecule has 186 valence electrons. The van der Waals surface area contributed by atoms with Gasteiger partial charge in [0.05, 0.1) is 21.7 Å². The predicted molar refractivity (Wildman–Crippen MR) is 143 cm³/mol. The van der Waals surface area contributed by atoms with Crippen molar-refractivity contribution in [2.45, 2.75) is 53.0 Å². The van der Waals surface area contributed by atoms with Crippen molar-refractivity contribution in [1.29, 1.82) is 0 Å². The molecule has 0 saturated carbocycles. The van der Waals surface area contributed by atoms with Crippen LogP contribution in [0.3, 0.4) is 0 Å². The Morgan fingerprint density at radius 1 is 1.09 bits per heavy atom. The summed E-state index contributed by atoms with van der Waals surface area (Å²) in [4.78, 5) is 18.0. The summed E-state index contributed by atoms with van der Waals surface area (Å²) in [5.41, 5.74) is 3.48. The van der Waals surface area contributed by atoms with Crippen LogP contribution >= 0.6 is 11.3 Å². The van der Waals surface area contributed by atoms with E-state index < -0.39 is 15.9 Å². The van der Waals surface area contributed by atoms with Gasteiger partial charge in [-0.1, -0.05) is 51.0 Å². The van der Waals surface area contributed by atoms with Crippen molar-refractivity contribution in [2.75, 3.05) is 13.1 Å². The SMILES string of the molecule is C#CCn1c(=NC(=O)c2ccc(S(=O)(=O)N(CC(C)C)CC(C)C)cc2)sc2c(C)cc(C)cc21. The second-order valence-corrected chi connectivity index (χ2v) is 12.6. The van der Waals surface area contributed by atoms with E-state index in [4.69, 9.17) is 6.42 Å². The molecular formula is C27H33N3O3S2. The Balaban J connectivity index is 1.98. The lowest BCUT2D eigenvalue weighted by Gasteiger charge is -2.25. The van der Waals surface area contributed by atoms with Crippen molar-refractivity contribution < 1.29 is 13.2 Å². The Morgan fingerprint density at radius 3 is 2.23 bits per heavy atom. The van der Waals surface area contributed by atoms with Gasteiger partial charge in [-0.05, 0) is 67.1 Å². The molecule has 6 nitrogen and oxygen atoms in total. The zero-order valence-corrected chi connectivity index (χ0v) is 22.8. The number of amides is 1. The number of rotatable bonds is 8. The summed E-state index contributed by atoms with van der Waals surface area (Å²) in [5.74, 6) is 2.60. The molecule has 0 atom stereocenters. The van der Waals surface area contributed by atoms with Gasteiger partial charge in [-0.2, -0.15) is 9.30 Å². The van der Waals surface area contributed by atoms with E-state index >= 15 is 0 Å². The molecule has 1 heterocycles. The Labute approximate surface area is 212 Å². The first-order chi connectivity index (χ1) is 16.4. The van der Waals surface area contributed by atoms with Gasteiger partial charge in [0.1, 0.15) is 0 Å². The highest BCUT2D eigenvalue weighted by Crippen LogP contribution is 2.24. The van der Waals surface area contributed by atoms with Crippen LogP contribution in [-0.2, 0) is 16.6 Å². The van der Waals surface area contributed by atoms with Gasteiger partial charge in [-0.15, -0.1) is 6.42 Å². The van der Waals surface area contributed by atoms with Crippen LogP contribution in [0.1, 0.15) is 49.2 Å². The van der Waals surface area contributed by atoms with Gasteiger partial charge in [-0.3, -0.25) is 4.79 Å². The molecule has 35 heavy (non-hydrogen) atoms. The van der Waals surface area contributed by atoms with Crippen molar-refractivity contribution >= 4 is 37.5 Å². The van der Waals surface area contributed by atoms with E-state index in [1.807, 2.05) is 52.2 Å². The van der Waals surface area contributed by atoms with Gasteiger partial charge in [-0.25, -0.2) is 8.42 Å². The number of aryl methyl sites for hydroxylation is 2. The summed E-state index contributed by atoms with van der Waals surface area (Å²) in [6.07, 6.45) is 5.59. The lowest BCUT2D eigenvalue weighted by molar-refractivity contribution is 0.0998. The smallest absolute Gasteiger partial charge is 0.279 e. The normalized spacial score (nSPS) is 12.7.